The summed E-state index contributed by atoms with van der Waals surface area (Å²) in [5, 5.41) is 0. The molecule has 1 heterocycles. The molecule has 0 spiro atoms. The molecular weight excluding hydrogens is 590 g/mol. The van der Waals surface area contributed by atoms with E-state index in [1.807, 2.05) is 58.3 Å². The molecule has 5 aromatic rings. The Bertz CT molecular complexity index is 1620. The summed E-state index contributed by atoms with van der Waals surface area (Å²) in [7, 11) is 0. The Balaban J connectivity index is 1.37. The lowest BCUT2D eigenvalue weighted by molar-refractivity contribution is 0.0752. The van der Waals surface area contributed by atoms with Gasteiger partial charge in [-0.3, -0.25) is 14.6 Å². The Morgan fingerprint density at radius 1 is 0.479 bits per heavy atom. The number of aromatic nitrogens is 1. The number of hydrogen-bond donors (Lipinski definition) is 0. The summed E-state index contributed by atoms with van der Waals surface area (Å²) in [6.07, 6.45) is 4.61. The molecule has 48 heavy (non-hydrogen) atoms. The monoisotopic (exact) mass is 637 g/mol. The number of carbonyl (C=O) groups is 2. The second-order valence-corrected chi connectivity index (χ2v) is 12.7. The number of nitrogens with zero attached hydrogens (tertiary/aromatic N) is 3. The fraction of sp³-hybridized carbons (Fsp3) is 0.279. The van der Waals surface area contributed by atoms with Gasteiger partial charge in [0.15, 0.2) is 0 Å². The van der Waals surface area contributed by atoms with E-state index >= 15 is 0 Å². The Morgan fingerprint density at radius 2 is 0.812 bits per heavy atom. The molecule has 246 valence electrons. The average molecular weight is 638 g/mol. The van der Waals surface area contributed by atoms with Crippen LogP contribution in [0.3, 0.4) is 0 Å². The summed E-state index contributed by atoms with van der Waals surface area (Å²) in [5.41, 5.74) is 10.6. The van der Waals surface area contributed by atoms with E-state index in [1.165, 1.54) is 44.5 Å². The molecule has 0 aliphatic rings. The molecule has 5 rings (SSSR count). The van der Waals surface area contributed by atoms with Gasteiger partial charge in [0.05, 0.1) is 0 Å². The summed E-state index contributed by atoms with van der Waals surface area (Å²) in [6, 6.07) is 36.7. The van der Waals surface area contributed by atoms with Crippen molar-refractivity contribution in [3.8, 4) is 0 Å². The highest BCUT2D eigenvalue weighted by atomic mass is 16.2. The lowest BCUT2D eigenvalue weighted by atomic mass is 10.0. The largest absolute Gasteiger partial charge is 0.338 e. The van der Waals surface area contributed by atoms with Gasteiger partial charge in [0.2, 0.25) is 0 Å². The number of rotatable bonds is 14. The average Bonchev–Trinajstić information content (AvgIpc) is 3.10. The molecule has 2 amide bonds. The van der Waals surface area contributed by atoms with E-state index in [2.05, 4.69) is 81.2 Å². The standard InChI is InChI=1S/C43H47N3O2/c1-32-13-5-9-17-36(32)22-27-45(28-23-37-18-10-6-14-33(37)2)42(47)40-21-26-44-41(31-40)43(48)46(29-24-38-19-11-7-15-34(38)3)30-25-39-20-12-8-16-35(39)4/h5-21,26,31H,22-25,27-30H2,1-4H3. The molecule has 0 unspecified atom stereocenters. The zero-order chi connectivity index (χ0) is 33.9. The SMILES string of the molecule is Cc1ccccc1CCN(CCc1ccccc1C)C(=O)c1ccnc(C(=O)N(CCc2ccccc2C)CCc2ccccc2C)c1. The second-order valence-electron chi connectivity index (χ2n) is 12.7. The molecule has 0 aliphatic heterocycles. The van der Waals surface area contributed by atoms with Gasteiger partial charge < -0.3 is 9.80 Å². The predicted octanol–water partition coefficient (Wildman–Crippen LogP) is 8.17. The molecule has 0 fully saturated rings. The topological polar surface area (TPSA) is 53.5 Å². The quantitative estimate of drug-likeness (QED) is 0.123. The summed E-state index contributed by atoms with van der Waals surface area (Å²) >= 11 is 0. The molecule has 1 aromatic heterocycles. The van der Waals surface area contributed by atoms with Gasteiger partial charge >= 0.3 is 0 Å². The summed E-state index contributed by atoms with van der Waals surface area (Å²) in [5.74, 6) is -0.238. The van der Waals surface area contributed by atoms with E-state index in [0.717, 1.165) is 25.7 Å². The number of aryl methyl sites for hydroxylation is 4. The van der Waals surface area contributed by atoms with Crippen molar-refractivity contribution in [2.75, 3.05) is 26.2 Å². The van der Waals surface area contributed by atoms with E-state index in [4.69, 9.17) is 0 Å². The van der Waals surface area contributed by atoms with Gasteiger partial charge in [-0.25, -0.2) is 0 Å². The van der Waals surface area contributed by atoms with Crippen LogP contribution in [0, 0.1) is 27.7 Å². The second kappa shape index (κ2) is 16.7. The van der Waals surface area contributed by atoms with Crippen molar-refractivity contribution in [3.05, 3.63) is 171 Å². The maximum atomic E-state index is 14.2. The van der Waals surface area contributed by atoms with Crippen molar-refractivity contribution in [2.24, 2.45) is 0 Å². The van der Waals surface area contributed by atoms with E-state index in [9.17, 15) is 9.59 Å². The van der Waals surface area contributed by atoms with E-state index in [1.54, 1.807) is 18.3 Å². The first-order valence-corrected chi connectivity index (χ1v) is 17.0. The zero-order valence-corrected chi connectivity index (χ0v) is 28.8. The molecule has 0 radical (unpaired) electrons. The van der Waals surface area contributed by atoms with Gasteiger partial charge in [0.25, 0.3) is 11.8 Å². The van der Waals surface area contributed by atoms with Crippen molar-refractivity contribution in [2.45, 2.75) is 53.4 Å². The van der Waals surface area contributed by atoms with Crippen LogP contribution in [0.15, 0.2) is 115 Å². The van der Waals surface area contributed by atoms with Gasteiger partial charge in [0, 0.05) is 37.9 Å². The highest BCUT2D eigenvalue weighted by Gasteiger charge is 2.22. The van der Waals surface area contributed by atoms with Crippen LogP contribution < -0.4 is 0 Å². The van der Waals surface area contributed by atoms with Crippen molar-refractivity contribution in [1.82, 2.24) is 14.8 Å². The Kier molecular flexibility index (Phi) is 11.9. The summed E-state index contributed by atoms with van der Waals surface area (Å²) < 4.78 is 0. The van der Waals surface area contributed by atoms with Crippen LogP contribution in [0.2, 0.25) is 0 Å². The Morgan fingerprint density at radius 3 is 1.17 bits per heavy atom. The van der Waals surface area contributed by atoms with Crippen LogP contribution in [0.4, 0.5) is 0 Å². The van der Waals surface area contributed by atoms with Crippen molar-refractivity contribution >= 4 is 11.8 Å². The summed E-state index contributed by atoms with van der Waals surface area (Å²) in [6.45, 7) is 10.7. The number of hydrogen-bond acceptors (Lipinski definition) is 3. The predicted molar refractivity (Wildman–Crippen MR) is 196 cm³/mol. The lowest BCUT2D eigenvalue weighted by Crippen LogP contribution is -2.37. The number of benzene rings is 4. The van der Waals surface area contributed by atoms with E-state index in [0.29, 0.717) is 37.4 Å². The number of carbonyl (C=O) groups excluding carboxylic acids is 2. The first-order chi connectivity index (χ1) is 23.3. The molecule has 0 aliphatic carbocycles. The van der Waals surface area contributed by atoms with Gasteiger partial charge in [-0.15, -0.1) is 0 Å². The molecular formula is C43H47N3O2. The third-order valence-corrected chi connectivity index (χ3v) is 9.45. The van der Waals surface area contributed by atoms with Crippen LogP contribution in [-0.4, -0.2) is 52.8 Å². The lowest BCUT2D eigenvalue weighted by Gasteiger charge is -2.25. The molecule has 0 N–H and O–H groups in total. The van der Waals surface area contributed by atoms with Crippen molar-refractivity contribution in [3.63, 3.8) is 0 Å². The van der Waals surface area contributed by atoms with Gasteiger partial charge in [-0.05, 0) is 110 Å². The van der Waals surface area contributed by atoms with Gasteiger partial charge in [-0.2, -0.15) is 0 Å². The number of amides is 2. The highest BCUT2D eigenvalue weighted by molar-refractivity contribution is 5.98. The van der Waals surface area contributed by atoms with Gasteiger partial charge in [-0.1, -0.05) is 97.1 Å². The molecule has 4 aromatic carbocycles. The van der Waals surface area contributed by atoms with Crippen LogP contribution in [0.1, 0.15) is 65.4 Å². The minimum atomic E-state index is -0.154. The van der Waals surface area contributed by atoms with E-state index in [-0.39, 0.29) is 11.8 Å². The molecule has 0 saturated carbocycles. The minimum Gasteiger partial charge on any atom is -0.338 e. The third-order valence-electron chi connectivity index (χ3n) is 9.45. The fourth-order valence-electron chi connectivity index (χ4n) is 6.24. The molecule has 0 bridgehead atoms. The van der Waals surface area contributed by atoms with Gasteiger partial charge in [0.1, 0.15) is 5.69 Å². The third kappa shape index (κ3) is 9.07. The first-order valence-electron chi connectivity index (χ1n) is 17.0. The zero-order valence-electron chi connectivity index (χ0n) is 28.8. The van der Waals surface area contributed by atoms with Crippen LogP contribution >= 0.6 is 0 Å². The number of pyridine rings is 1. The normalized spacial score (nSPS) is 10.9. The molecule has 0 saturated heterocycles. The van der Waals surface area contributed by atoms with Crippen molar-refractivity contribution in [1.29, 1.82) is 0 Å². The van der Waals surface area contributed by atoms with Crippen LogP contribution in [0.25, 0.3) is 0 Å². The fourth-order valence-corrected chi connectivity index (χ4v) is 6.24. The van der Waals surface area contributed by atoms with Crippen LogP contribution in [0.5, 0.6) is 0 Å². The molecule has 0 atom stereocenters. The Labute approximate surface area is 286 Å². The Hall–Kier alpha value is -5.03. The van der Waals surface area contributed by atoms with Crippen LogP contribution in [-0.2, 0) is 25.7 Å². The van der Waals surface area contributed by atoms with E-state index < -0.39 is 0 Å². The maximum absolute atomic E-state index is 14.2. The summed E-state index contributed by atoms with van der Waals surface area (Å²) in [4.78, 5) is 36.6. The minimum absolute atomic E-state index is 0.0833. The first kappa shape index (κ1) is 34.3. The van der Waals surface area contributed by atoms with Crippen molar-refractivity contribution < 1.29 is 9.59 Å². The molecule has 5 nitrogen and oxygen atoms in total. The molecule has 5 heteroatoms. The smallest absolute Gasteiger partial charge is 0.272 e. The maximum Gasteiger partial charge on any atom is 0.272 e. The highest BCUT2D eigenvalue weighted by Crippen LogP contribution is 2.17.